The van der Waals surface area contributed by atoms with E-state index in [1.807, 2.05) is 39.0 Å². The van der Waals surface area contributed by atoms with E-state index in [-0.39, 0.29) is 42.5 Å². The quantitative estimate of drug-likeness (QED) is 0.232. The predicted molar refractivity (Wildman–Crippen MR) is 159 cm³/mol. The fourth-order valence-corrected chi connectivity index (χ4v) is 6.40. The summed E-state index contributed by atoms with van der Waals surface area (Å²) in [6.07, 6.45) is 4.46. The predicted octanol–water partition coefficient (Wildman–Crippen LogP) is 3.77. The van der Waals surface area contributed by atoms with Gasteiger partial charge in [-0.3, -0.25) is 19.1 Å². The first-order valence-electron chi connectivity index (χ1n) is 13.7. The number of aromatic nitrogens is 5. The summed E-state index contributed by atoms with van der Waals surface area (Å²) in [7, 11) is 0. The lowest BCUT2D eigenvalue weighted by atomic mass is 10.00. The lowest BCUT2D eigenvalue weighted by Gasteiger charge is -2.27. The van der Waals surface area contributed by atoms with Crippen molar-refractivity contribution in [3.8, 4) is 11.1 Å². The Morgan fingerprint density at radius 3 is 2.50 bits per heavy atom. The zero-order valence-electron chi connectivity index (χ0n) is 23.7. The van der Waals surface area contributed by atoms with Crippen molar-refractivity contribution in [3.05, 3.63) is 63.9 Å². The number of benzene rings is 1. The number of amides is 2. The van der Waals surface area contributed by atoms with Gasteiger partial charge in [-0.2, -0.15) is 5.10 Å². The number of likely N-dealkylation sites (tertiary alicyclic amines) is 1. The largest absolute Gasteiger partial charge is 0.396 e. The number of aliphatic hydroxyl groups is 1. The summed E-state index contributed by atoms with van der Waals surface area (Å²) in [5.41, 5.74) is 3.71. The molecule has 12 heteroatoms. The van der Waals surface area contributed by atoms with E-state index in [0.29, 0.717) is 40.0 Å². The molecular formula is C30H30BrN7O4. The number of nitrogens with one attached hydrogen (secondary N) is 1. The highest BCUT2D eigenvalue weighted by Crippen LogP contribution is 2.59. The van der Waals surface area contributed by atoms with Crippen LogP contribution in [0.15, 0.2) is 41.3 Å². The van der Waals surface area contributed by atoms with Gasteiger partial charge in [-0.15, -0.1) is 0 Å². The standard InChI is InChI=1S/C30H30BrN7O4/c1-15-5-6-24(31)34-28(15)35-29(42)22-9-30(14-39)10-23(30)38(22)25(41)13-37-27-16(2)7-19(20-11-32-18(4)33-12-20)8-21(27)26(36-37)17(3)40/h5-8,11-12,22-23,39H,9-10,13-14H2,1-4H3,(H,34,35,42)/t22-,23?,30-/m0/s1. The third-order valence-corrected chi connectivity index (χ3v) is 8.84. The van der Waals surface area contributed by atoms with Crippen molar-refractivity contribution in [3.63, 3.8) is 0 Å². The summed E-state index contributed by atoms with van der Waals surface area (Å²) >= 11 is 3.34. The number of anilines is 1. The van der Waals surface area contributed by atoms with Crippen LogP contribution in [0.3, 0.4) is 0 Å². The van der Waals surface area contributed by atoms with Crippen molar-refractivity contribution < 1.29 is 19.5 Å². The third-order valence-electron chi connectivity index (χ3n) is 8.40. The van der Waals surface area contributed by atoms with Crippen LogP contribution in [0.2, 0.25) is 0 Å². The normalized spacial score (nSPS) is 21.0. The lowest BCUT2D eigenvalue weighted by molar-refractivity contribution is -0.138. The maximum absolute atomic E-state index is 13.9. The summed E-state index contributed by atoms with van der Waals surface area (Å²) in [5.74, 6) is 0.189. The van der Waals surface area contributed by atoms with E-state index in [2.05, 4.69) is 41.3 Å². The molecular weight excluding hydrogens is 602 g/mol. The molecule has 11 nitrogen and oxygen atoms in total. The molecule has 1 aromatic carbocycles. The first kappa shape index (κ1) is 28.1. The molecule has 0 bridgehead atoms. The summed E-state index contributed by atoms with van der Waals surface area (Å²) in [6.45, 7) is 6.74. The van der Waals surface area contributed by atoms with Gasteiger partial charge in [0.05, 0.1) is 12.1 Å². The zero-order valence-corrected chi connectivity index (χ0v) is 25.3. The van der Waals surface area contributed by atoms with Crippen molar-refractivity contribution in [1.29, 1.82) is 0 Å². The highest BCUT2D eigenvalue weighted by Gasteiger charge is 2.66. The smallest absolute Gasteiger partial charge is 0.248 e. The molecule has 2 N–H and O–H groups in total. The van der Waals surface area contributed by atoms with Gasteiger partial charge in [0.25, 0.3) is 0 Å². The van der Waals surface area contributed by atoms with Crippen LogP contribution < -0.4 is 5.32 Å². The van der Waals surface area contributed by atoms with E-state index in [9.17, 15) is 19.5 Å². The van der Waals surface area contributed by atoms with Crippen molar-refractivity contribution in [2.75, 3.05) is 11.9 Å². The second-order valence-electron chi connectivity index (χ2n) is 11.3. The highest BCUT2D eigenvalue weighted by molar-refractivity contribution is 9.10. The molecule has 42 heavy (non-hydrogen) atoms. The Morgan fingerprint density at radius 2 is 1.81 bits per heavy atom. The van der Waals surface area contributed by atoms with Crippen molar-refractivity contribution in [2.24, 2.45) is 5.41 Å². The van der Waals surface area contributed by atoms with Gasteiger partial charge in [-0.25, -0.2) is 15.0 Å². The summed E-state index contributed by atoms with van der Waals surface area (Å²) in [4.78, 5) is 54.6. The van der Waals surface area contributed by atoms with Gasteiger partial charge >= 0.3 is 0 Å². The number of fused-ring (bicyclic) bond motifs is 2. The molecule has 3 atom stereocenters. The Morgan fingerprint density at radius 1 is 1.07 bits per heavy atom. The molecule has 216 valence electrons. The van der Waals surface area contributed by atoms with E-state index < -0.39 is 11.5 Å². The van der Waals surface area contributed by atoms with E-state index in [0.717, 1.165) is 22.3 Å². The SMILES string of the molecule is CC(=O)c1nn(CC(=O)N2C3C[C@]3(CO)C[C@H]2C(=O)Nc2nc(Br)ccc2C)c2c(C)cc(-c3cnc(C)nc3)cc12. The number of aliphatic hydroxyl groups excluding tert-OH is 1. The number of hydrogen-bond donors (Lipinski definition) is 2. The van der Waals surface area contributed by atoms with E-state index >= 15 is 0 Å². The Hall–Kier alpha value is -4.03. The number of Topliss-reactive ketones (excluding diaryl/α,β-unsaturated/α-hetero) is 1. The second-order valence-corrected chi connectivity index (χ2v) is 12.1. The lowest BCUT2D eigenvalue weighted by Crippen LogP contribution is -2.47. The second kappa shape index (κ2) is 10.4. The Balaban J connectivity index is 1.33. The first-order chi connectivity index (χ1) is 20.0. The van der Waals surface area contributed by atoms with Gasteiger partial charge < -0.3 is 15.3 Å². The molecule has 6 rings (SSSR count). The average molecular weight is 633 g/mol. The average Bonchev–Trinajstić information content (AvgIpc) is 3.37. The monoisotopic (exact) mass is 631 g/mol. The van der Waals surface area contributed by atoms with Gasteiger partial charge in [0.1, 0.15) is 34.5 Å². The number of carbonyl (C=O) groups excluding carboxylic acids is 3. The Kier molecular flexibility index (Phi) is 6.93. The van der Waals surface area contributed by atoms with E-state index in [1.54, 1.807) is 28.0 Å². The van der Waals surface area contributed by atoms with Crippen LogP contribution in [0.5, 0.6) is 0 Å². The summed E-state index contributed by atoms with van der Waals surface area (Å²) < 4.78 is 2.13. The molecule has 1 aliphatic carbocycles. The number of carbonyl (C=O) groups is 3. The van der Waals surface area contributed by atoms with Crippen LogP contribution >= 0.6 is 15.9 Å². The maximum atomic E-state index is 13.9. The molecule has 1 saturated heterocycles. The molecule has 2 fully saturated rings. The number of aryl methyl sites for hydroxylation is 3. The zero-order chi connectivity index (χ0) is 29.9. The number of rotatable bonds is 7. The molecule has 2 amide bonds. The summed E-state index contributed by atoms with van der Waals surface area (Å²) in [5, 5.41) is 18.2. The van der Waals surface area contributed by atoms with Crippen molar-refractivity contribution in [2.45, 2.75) is 59.2 Å². The highest BCUT2D eigenvalue weighted by atomic mass is 79.9. The van der Waals surface area contributed by atoms with E-state index in [4.69, 9.17) is 0 Å². The number of pyridine rings is 1. The molecule has 1 aliphatic heterocycles. The van der Waals surface area contributed by atoms with Crippen molar-refractivity contribution >= 4 is 50.2 Å². The molecule has 1 unspecified atom stereocenters. The number of hydrogen-bond acceptors (Lipinski definition) is 8. The van der Waals surface area contributed by atoms with Crippen LogP contribution in [-0.2, 0) is 16.1 Å². The minimum Gasteiger partial charge on any atom is -0.396 e. The Labute approximate surface area is 250 Å². The van der Waals surface area contributed by atoms with Crippen LogP contribution in [0.4, 0.5) is 5.82 Å². The molecule has 4 aromatic rings. The number of piperidine rings is 1. The molecule has 1 saturated carbocycles. The fourth-order valence-electron chi connectivity index (χ4n) is 6.09. The van der Waals surface area contributed by atoms with Crippen LogP contribution in [0, 0.1) is 26.2 Å². The molecule has 4 heterocycles. The van der Waals surface area contributed by atoms with Crippen LogP contribution in [0.1, 0.15) is 47.2 Å². The van der Waals surface area contributed by atoms with Crippen LogP contribution in [-0.4, -0.2) is 71.0 Å². The van der Waals surface area contributed by atoms with Crippen LogP contribution in [0.25, 0.3) is 22.0 Å². The van der Waals surface area contributed by atoms with Gasteiger partial charge in [0.15, 0.2) is 5.78 Å². The maximum Gasteiger partial charge on any atom is 0.248 e. The third kappa shape index (κ3) is 4.78. The molecule has 3 aromatic heterocycles. The topological polar surface area (TPSA) is 143 Å². The fraction of sp³-hybridized carbons (Fsp3) is 0.367. The summed E-state index contributed by atoms with van der Waals surface area (Å²) in [6, 6.07) is 6.44. The van der Waals surface area contributed by atoms with E-state index in [1.165, 1.54) is 6.92 Å². The minimum absolute atomic E-state index is 0.108. The van der Waals surface area contributed by atoms with Crippen molar-refractivity contribution in [1.82, 2.24) is 29.6 Å². The molecule has 0 radical (unpaired) electrons. The first-order valence-corrected chi connectivity index (χ1v) is 14.5. The number of nitrogens with zero attached hydrogens (tertiary/aromatic N) is 6. The van der Waals surface area contributed by atoms with Gasteiger partial charge in [0.2, 0.25) is 11.8 Å². The Bertz CT molecular complexity index is 1770. The van der Waals surface area contributed by atoms with Gasteiger partial charge in [-0.1, -0.05) is 6.07 Å². The number of halogens is 1. The van der Waals surface area contributed by atoms with Gasteiger partial charge in [0, 0.05) is 41.7 Å². The van der Waals surface area contributed by atoms with Gasteiger partial charge in [-0.05, 0) is 84.4 Å². The molecule has 0 spiro atoms. The minimum atomic E-state index is -0.771. The number of ketones is 1. The molecule has 2 aliphatic rings.